The largest absolute Gasteiger partial charge is 0.416 e. The Labute approximate surface area is 225 Å². The molecule has 0 bridgehead atoms. The lowest BCUT2D eigenvalue weighted by Gasteiger charge is -2.44. The van der Waals surface area contributed by atoms with Crippen molar-refractivity contribution in [3.63, 3.8) is 0 Å². The average molecular weight is 549 g/mol. The lowest BCUT2D eigenvalue weighted by molar-refractivity contribution is -0.137. The van der Waals surface area contributed by atoms with E-state index in [1.54, 1.807) is 32.2 Å². The molecule has 1 aliphatic heterocycles. The third-order valence-corrected chi connectivity index (χ3v) is 7.96. The second-order valence-electron chi connectivity index (χ2n) is 11.2. The maximum atomic E-state index is 13.0. The highest BCUT2D eigenvalue weighted by atomic mass is 19.4. The first-order chi connectivity index (χ1) is 18.2. The van der Waals surface area contributed by atoms with Crippen molar-refractivity contribution >= 4 is 11.8 Å². The minimum atomic E-state index is -4.57. The number of rotatable bonds is 7. The van der Waals surface area contributed by atoms with E-state index in [0.717, 1.165) is 18.2 Å². The highest BCUT2D eigenvalue weighted by Gasteiger charge is 2.47. The number of hydrogen-bond acceptors (Lipinski definition) is 6. The molecule has 0 unspecified atom stereocenters. The van der Waals surface area contributed by atoms with Gasteiger partial charge in [-0.05, 0) is 82.7 Å². The van der Waals surface area contributed by atoms with Crippen molar-refractivity contribution in [2.75, 3.05) is 19.6 Å². The molecule has 2 amide bonds. The molecule has 2 fully saturated rings. The summed E-state index contributed by atoms with van der Waals surface area (Å²) >= 11 is 0. The number of nitrogens with one attached hydrogen (secondary N) is 3. The Morgan fingerprint density at radius 2 is 1.85 bits per heavy atom. The summed E-state index contributed by atoms with van der Waals surface area (Å²) in [5.74, 6) is -1.10. The molecular formula is C28H35F3N4O4. The number of alkyl halides is 3. The number of nitrogens with zero attached hydrogens (tertiary/aromatic N) is 1. The Bertz CT molecular complexity index is 1180. The van der Waals surface area contributed by atoms with E-state index in [9.17, 15) is 33.0 Å². The van der Waals surface area contributed by atoms with Crippen LogP contribution in [-0.2, 0) is 22.2 Å². The molecule has 0 radical (unpaired) electrons. The van der Waals surface area contributed by atoms with Crippen LogP contribution in [0.25, 0.3) is 0 Å². The van der Waals surface area contributed by atoms with E-state index >= 15 is 0 Å². The predicted octanol–water partition coefficient (Wildman–Crippen LogP) is 2.98. The second kappa shape index (κ2) is 10.9. The molecule has 8 nitrogen and oxygen atoms in total. The quantitative estimate of drug-likeness (QED) is 0.363. The standard InChI is InChI=1S/C28H35F3N4O4/c1-25(2,38)22-7-6-21(15-33-22)27(39)10-8-19(9-11-27)26(12-13-32-17-26)35-23(36)16-34-24(37)18-4-3-5-20(14-18)28(29,30)31/h3-7,14-15,19,32,38-39H,8-13,16-17H2,1-2H3,(H,34,37)(H,35,36)/t19?,26-,27?/m0/s1. The van der Waals surface area contributed by atoms with Gasteiger partial charge in [0.05, 0.1) is 28.9 Å². The molecule has 4 rings (SSSR count). The van der Waals surface area contributed by atoms with Crippen LogP contribution in [0.15, 0.2) is 42.6 Å². The SMILES string of the molecule is CC(C)(O)c1ccc(C2(O)CCC([C@]3(NC(=O)CNC(=O)c4cccc(C(F)(F)F)c4)CCNC3)CC2)cn1. The molecule has 1 aromatic carbocycles. The molecule has 39 heavy (non-hydrogen) atoms. The van der Waals surface area contributed by atoms with Crippen molar-refractivity contribution < 1.29 is 33.0 Å². The van der Waals surface area contributed by atoms with E-state index in [2.05, 4.69) is 20.9 Å². The Morgan fingerprint density at radius 3 is 2.41 bits per heavy atom. The number of halogens is 3. The molecule has 1 aromatic heterocycles. The van der Waals surface area contributed by atoms with Gasteiger partial charge in [0.15, 0.2) is 0 Å². The third-order valence-electron chi connectivity index (χ3n) is 7.96. The van der Waals surface area contributed by atoms with E-state index in [4.69, 9.17) is 0 Å². The lowest BCUT2D eigenvalue weighted by Crippen LogP contribution is -2.58. The van der Waals surface area contributed by atoms with E-state index in [-0.39, 0.29) is 18.0 Å². The number of benzene rings is 1. The van der Waals surface area contributed by atoms with Crippen molar-refractivity contribution in [1.29, 1.82) is 0 Å². The molecule has 1 saturated carbocycles. The van der Waals surface area contributed by atoms with Gasteiger partial charge >= 0.3 is 6.18 Å². The molecule has 1 aliphatic carbocycles. The molecule has 2 aromatic rings. The minimum absolute atomic E-state index is 0.0829. The van der Waals surface area contributed by atoms with E-state index < -0.39 is 40.3 Å². The molecular weight excluding hydrogens is 513 g/mol. The molecule has 11 heteroatoms. The highest BCUT2D eigenvalue weighted by molar-refractivity contribution is 5.96. The zero-order valence-corrected chi connectivity index (χ0v) is 22.1. The topological polar surface area (TPSA) is 124 Å². The van der Waals surface area contributed by atoms with Crippen LogP contribution < -0.4 is 16.0 Å². The molecule has 2 aliphatic rings. The fourth-order valence-corrected chi connectivity index (χ4v) is 5.66. The molecule has 1 saturated heterocycles. The van der Waals surface area contributed by atoms with E-state index in [0.29, 0.717) is 56.5 Å². The highest BCUT2D eigenvalue weighted by Crippen LogP contribution is 2.44. The van der Waals surface area contributed by atoms with Crippen LogP contribution in [0.1, 0.15) is 73.1 Å². The van der Waals surface area contributed by atoms with Crippen LogP contribution in [0, 0.1) is 5.92 Å². The first-order valence-electron chi connectivity index (χ1n) is 13.1. The van der Waals surface area contributed by atoms with Gasteiger partial charge in [0, 0.05) is 23.9 Å². The molecule has 5 N–H and O–H groups in total. The van der Waals surface area contributed by atoms with Gasteiger partial charge in [0.1, 0.15) is 5.60 Å². The summed E-state index contributed by atoms with van der Waals surface area (Å²) < 4.78 is 38.9. The lowest BCUT2D eigenvalue weighted by atomic mass is 9.68. The van der Waals surface area contributed by atoms with Crippen molar-refractivity contribution in [3.8, 4) is 0 Å². The van der Waals surface area contributed by atoms with Gasteiger partial charge in [-0.15, -0.1) is 0 Å². The number of carbonyl (C=O) groups is 2. The van der Waals surface area contributed by atoms with Crippen LogP contribution in [0.3, 0.4) is 0 Å². The summed E-state index contributed by atoms with van der Waals surface area (Å²) in [4.78, 5) is 29.6. The third kappa shape index (κ3) is 6.59. The van der Waals surface area contributed by atoms with Crippen LogP contribution >= 0.6 is 0 Å². The predicted molar refractivity (Wildman–Crippen MR) is 137 cm³/mol. The first-order valence-corrected chi connectivity index (χ1v) is 13.1. The molecule has 1 atom stereocenters. The molecule has 2 heterocycles. The Morgan fingerprint density at radius 1 is 1.13 bits per heavy atom. The summed E-state index contributed by atoms with van der Waals surface area (Å²) in [5.41, 5.74) is -2.59. The van der Waals surface area contributed by atoms with Crippen LogP contribution in [0.2, 0.25) is 0 Å². The van der Waals surface area contributed by atoms with Gasteiger partial charge in [-0.25, -0.2) is 0 Å². The first kappa shape index (κ1) is 29.0. The maximum Gasteiger partial charge on any atom is 0.416 e. The number of hydrogen-bond donors (Lipinski definition) is 5. The average Bonchev–Trinajstić information content (AvgIpc) is 3.36. The monoisotopic (exact) mass is 548 g/mol. The van der Waals surface area contributed by atoms with Gasteiger partial charge in [0.25, 0.3) is 5.91 Å². The smallest absolute Gasteiger partial charge is 0.385 e. The van der Waals surface area contributed by atoms with Crippen molar-refractivity contribution in [1.82, 2.24) is 20.9 Å². The Kier molecular flexibility index (Phi) is 8.07. The van der Waals surface area contributed by atoms with Gasteiger partial charge in [0.2, 0.25) is 5.91 Å². The Balaban J connectivity index is 1.36. The Hall–Kier alpha value is -3.02. The summed E-state index contributed by atoms with van der Waals surface area (Å²) in [6, 6.07) is 7.57. The number of carbonyl (C=O) groups excluding carboxylic acids is 2. The number of pyridine rings is 1. The van der Waals surface area contributed by atoms with Crippen molar-refractivity contribution in [2.24, 2.45) is 5.92 Å². The van der Waals surface area contributed by atoms with E-state index in [1.807, 2.05) is 0 Å². The van der Waals surface area contributed by atoms with Crippen LogP contribution in [0.5, 0.6) is 0 Å². The molecule has 212 valence electrons. The zero-order chi connectivity index (χ0) is 28.5. The number of amides is 2. The summed E-state index contributed by atoms with van der Waals surface area (Å²) in [6.07, 6.45) is -0.0145. The molecule has 0 spiro atoms. The van der Waals surface area contributed by atoms with Crippen molar-refractivity contribution in [3.05, 3.63) is 65.0 Å². The normalized spacial score (nSPS) is 25.8. The van der Waals surface area contributed by atoms with Gasteiger partial charge in [-0.3, -0.25) is 14.6 Å². The fraction of sp³-hybridized carbons (Fsp3) is 0.536. The zero-order valence-electron chi connectivity index (χ0n) is 22.1. The fourth-order valence-electron chi connectivity index (χ4n) is 5.66. The van der Waals surface area contributed by atoms with Crippen LogP contribution in [-0.4, -0.2) is 52.2 Å². The van der Waals surface area contributed by atoms with Gasteiger partial charge < -0.3 is 26.2 Å². The number of aromatic nitrogens is 1. The summed E-state index contributed by atoms with van der Waals surface area (Å²) in [6.45, 7) is 4.18. The van der Waals surface area contributed by atoms with Gasteiger partial charge in [-0.2, -0.15) is 13.2 Å². The van der Waals surface area contributed by atoms with E-state index in [1.165, 1.54) is 6.07 Å². The van der Waals surface area contributed by atoms with Gasteiger partial charge in [-0.1, -0.05) is 12.1 Å². The van der Waals surface area contributed by atoms with Crippen molar-refractivity contribution in [2.45, 2.75) is 68.9 Å². The maximum absolute atomic E-state index is 13.0. The second-order valence-corrected chi connectivity index (χ2v) is 11.2. The summed E-state index contributed by atoms with van der Waals surface area (Å²) in [7, 11) is 0. The summed E-state index contributed by atoms with van der Waals surface area (Å²) in [5, 5.41) is 30.3. The number of aliphatic hydroxyl groups is 2. The van der Waals surface area contributed by atoms with Crippen LogP contribution in [0.4, 0.5) is 13.2 Å². The minimum Gasteiger partial charge on any atom is -0.385 e.